The standard InChI is InChI=1S/C20H18N4O3/c1-13(25)14-3-5-15(6-4-14)22-19(26)18-11-12-21-20(24-18)23-16-7-9-17(27-2)10-8-16/h3-12H,1-2H3,(H,22,26)(H,21,23,24). The predicted octanol–water partition coefficient (Wildman–Crippen LogP) is 3.68. The first-order valence-electron chi connectivity index (χ1n) is 8.21. The maximum atomic E-state index is 12.4. The van der Waals surface area contributed by atoms with Crippen LogP contribution in [0.1, 0.15) is 27.8 Å². The van der Waals surface area contributed by atoms with Crippen molar-refractivity contribution >= 4 is 29.0 Å². The van der Waals surface area contributed by atoms with E-state index in [0.29, 0.717) is 17.2 Å². The van der Waals surface area contributed by atoms with E-state index >= 15 is 0 Å². The number of amides is 1. The van der Waals surface area contributed by atoms with Gasteiger partial charge in [0.25, 0.3) is 5.91 Å². The number of carbonyl (C=O) groups excluding carboxylic acids is 2. The van der Waals surface area contributed by atoms with Crippen LogP contribution in [-0.4, -0.2) is 28.8 Å². The van der Waals surface area contributed by atoms with E-state index in [0.717, 1.165) is 11.4 Å². The second-order valence-electron chi connectivity index (χ2n) is 5.71. The molecule has 3 aromatic rings. The quantitative estimate of drug-likeness (QED) is 0.650. The maximum Gasteiger partial charge on any atom is 0.274 e. The first-order chi connectivity index (χ1) is 13.0. The summed E-state index contributed by atoms with van der Waals surface area (Å²) in [6.07, 6.45) is 1.51. The molecule has 0 spiro atoms. The largest absolute Gasteiger partial charge is 0.497 e. The smallest absolute Gasteiger partial charge is 0.274 e. The fraction of sp³-hybridized carbons (Fsp3) is 0.100. The third-order valence-electron chi connectivity index (χ3n) is 3.78. The molecule has 0 unspecified atom stereocenters. The van der Waals surface area contributed by atoms with Crippen LogP contribution in [0.4, 0.5) is 17.3 Å². The molecule has 0 aliphatic heterocycles. The van der Waals surface area contributed by atoms with Gasteiger partial charge < -0.3 is 15.4 Å². The zero-order valence-corrected chi connectivity index (χ0v) is 14.9. The van der Waals surface area contributed by atoms with Gasteiger partial charge in [-0.1, -0.05) is 0 Å². The minimum atomic E-state index is -0.370. The minimum Gasteiger partial charge on any atom is -0.497 e. The summed E-state index contributed by atoms with van der Waals surface area (Å²) in [4.78, 5) is 32.1. The number of hydrogen-bond donors (Lipinski definition) is 2. The number of nitrogens with zero attached hydrogens (tertiary/aromatic N) is 2. The van der Waals surface area contributed by atoms with Gasteiger partial charge in [0.15, 0.2) is 5.78 Å². The molecule has 1 heterocycles. The Morgan fingerprint density at radius 2 is 1.59 bits per heavy atom. The first kappa shape index (κ1) is 18.1. The van der Waals surface area contributed by atoms with Crippen LogP contribution >= 0.6 is 0 Å². The van der Waals surface area contributed by atoms with Gasteiger partial charge in [0.2, 0.25) is 5.95 Å². The number of Topliss-reactive ketones (excluding diaryl/α,β-unsaturated/α-hetero) is 1. The van der Waals surface area contributed by atoms with E-state index in [1.165, 1.54) is 19.2 Å². The molecule has 0 saturated heterocycles. The molecule has 0 bridgehead atoms. The molecule has 2 aromatic carbocycles. The molecule has 27 heavy (non-hydrogen) atoms. The van der Waals surface area contributed by atoms with Gasteiger partial charge in [-0.05, 0) is 61.5 Å². The van der Waals surface area contributed by atoms with Crippen LogP contribution in [0, 0.1) is 0 Å². The molecule has 0 aliphatic rings. The minimum absolute atomic E-state index is 0.0297. The van der Waals surface area contributed by atoms with E-state index in [2.05, 4.69) is 20.6 Å². The highest BCUT2D eigenvalue weighted by atomic mass is 16.5. The fourth-order valence-electron chi connectivity index (χ4n) is 2.33. The van der Waals surface area contributed by atoms with E-state index in [4.69, 9.17) is 4.74 Å². The van der Waals surface area contributed by atoms with Gasteiger partial charge >= 0.3 is 0 Å². The van der Waals surface area contributed by atoms with E-state index in [1.807, 2.05) is 24.3 Å². The molecule has 1 amide bonds. The fourth-order valence-corrected chi connectivity index (χ4v) is 2.33. The summed E-state index contributed by atoms with van der Waals surface area (Å²) in [6, 6.07) is 15.5. The van der Waals surface area contributed by atoms with Crippen LogP contribution in [0.25, 0.3) is 0 Å². The van der Waals surface area contributed by atoms with Gasteiger partial charge in [0.05, 0.1) is 7.11 Å². The number of hydrogen-bond acceptors (Lipinski definition) is 6. The lowest BCUT2D eigenvalue weighted by Gasteiger charge is -2.08. The number of anilines is 3. The molecular formula is C20H18N4O3. The van der Waals surface area contributed by atoms with Crippen LogP contribution in [-0.2, 0) is 0 Å². The van der Waals surface area contributed by atoms with Gasteiger partial charge in [0.1, 0.15) is 11.4 Å². The summed E-state index contributed by atoms with van der Waals surface area (Å²) in [5.74, 6) is 0.647. The number of nitrogens with one attached hydrogen (secondary N) is 2. The number of methoxy groups -OCH3 is 1. The second kappa shape index (κ2) is 8.09. The highest BCUT2D eigenvalue weighted by molar-refractivity contribution is 6.03. The van der Waals surface area contributed by atoms with Crippen LogP contribution in [0.2, 0.25) is 0 Å². The third kappa shape index (κ3) is 4.66. The Bertz CT molecular complexity index is 954. The van der Waals surface area contributed by atoms with Gasteiger partial charge in [-0.15, -0.1) is 0 Å². The molecular weight excluding hydrogens is 344 g/mol. The Kier molecular flexibility index (Phi) is 5.41. The van der Waals surface area contributed by atoms with Crippen molar-refractivity contribution in [2.45, 2.75) is 6.92 Å². The number of ketones is 1. The molecule has 1 aromatic heterocycles. The molecule has 7 heteroatoms. The number of benzene rings is 2. The van der Waals surface area contributed by atoms with Crippen LogP contribution in [0.3, 0.4) is 0 Å². The molecule has 7 nitrogen and oxygen atoms in total. The summed E-state index contributed by atoms with van der Waals surface area (Å²) < 4.78 is 5.12. The van der Waals surface area contributed by atoms with Gasteiger partial charge in [-0.3, -0.25) is 9.59 Å². The Balaban J connectivity index is 1.70. The Morgan fingerprint density at radius 1 is 0.926 bits per heavy atom. The Morgan fingerprint density at radius 3 is 2.22 bits per heavy atom. The molecule has 0 radical (unpaired) electrons. The monoisotopic (exact) mass is 362 g/mol. The number of rotatable bonds is 6. The van der Waals surface area contributed by atoms with Crippen molar-refractivity contribution in [3.8, 4) is 5.75 Å². The van der Waals surface area contributed by atoms with Gasteiger partial charge in [-0.25, -0.2) is 9.97 Å². The van der Waals surface area contributed by atoms with Crippen molar-refractivity contribution in [2.75, 3.05) is 17.7 Å². The summed E-state index contributed by atoms with van der Waals surface area (Å²) in [5.41, 5.74) is 2.15. The predicted molar refractivity (Wildman–Crippen MR) is 103 cm³/mol. The van der Waals surface area contributed by atoms with Crippen LogP contribution in [0.5, 0.6) is 5.75 Å². The van der Waals surface area contributed by atoms with E-state index in [-0.39, 0.29) is 17.4 Å². The summed E-state index contributed by atoms with van der Waals surface area (Å²) in [6.45, 7) is 1.49. The molecule has 136 valence electrons. The zero-order chi connectivity index (χ0) is 19.2. The highest BCUT2D eigenvalue weighted by Crippen LogP contribution is 2.18. The molecule has 0 atom stereocenters. The number of aromatic nitrogens is 2. The molecule has 0 aliphatic carbocycles. The number of ether oxygens (including phenoxy) is 1. The van der Waals surface area contributed by atoms with Crippen LogP contribution < -0.4 is 15.4 Å². The third-order valence-corrected chi connectivity index (χ3v) is 3.78. The lowest BCUT2D eigenvalue weighted by molar-refractivity contribution is 0.101. The summed E-state index contributed by atoms with van der Waals surface area (Å²) in [5, 5.41) is 5.78. The van der Waals surface area contributed by atoms with Crippen molar-refractivity contribution in [1.29, 1.82) is 0 Å². The molecule has 2 N–H and O–H groups in total. The normalized spacial score (nSPS) is 10.1. The number of carbonyl (C=O) groups is 2. The summed E-state index contributed by atoms with van der Waals surface area (Å²) in [7, 11) is 1.60. The molecule has 0 fully saturated rings. The van der Waals surface area contributed by atoms with Crippen molar-refractivity contribution < 1.29 is 14.3 Å². The highest BCUT2D eigenvalue weighted by Gasteiger charge is 2.10. The summed E-state index contributed by atoms with van der Waals surface area (Å²) >= 11 is 0. The van der Waals surface area contributed by atoms with E-state index in [1.54, 1.807) is 31.4 Å². The van der Waals surface area contributed by atoms with Crippen molar-refractivity contribution in [3.63, 3.8) is 0 Å². The lowest BCUT2D eigenvalue weighted by Crippen LogP contribution is -2.14. The zero-order valence-electron chi connectivity index (χ0n) is 14.9. The van der Waals surface area contributed by atoms with E-state index in [9.17, 15) is 9.59 Å². The topological polar surface area (TPSA) is 93.2 Å². The SMILES string of the molecule is COc1ccc(Nc2nccc(C(=O)Nc3ccc(C(C)=O)cc3)n2)cc1. The van der Waals surface area contributed by atoms with Crippen LogP contribution in [0.15, 0.2) is 60.8 Å². The second-order valence-corrected chi connectivity index (χ2v) is 5.71. The Labute approximate surface area is 156 Å². The maximum absolute atomic E-state index is 12.4. The average molecular weight is 362 g/mol. The molecule has 3 rings (SSSR count). The Hall–Kier alpha value is -3.74. The first-order valence-corrected chi connectivity index (χ1v) is 8.21. The molecule has 0 saturated carbocycles. The van der Waals surface area contributed by atoms with E-state index < -0.39 is 0 Å². The van der Waals surface area contributed by atoms with Crippen molar-refractivity contribution in [3.05, 3.63) is 72.1 Å². The lowest BCUT2D eigenvalue weighted by atomic mass is 10.1. The van der Waals surface area contributed by atoms with Gasteiger partial charge in [-0.2, -0.15) is 0 Å². The van der Waals surface area contributed by atoms with Gasteiger partial charge in [0, 0.05) is 23.1 Å². The van der Waals surface area contributed by atoms with Crippen molar-refractivity contribution in [2.24, 2.45) is 0 Å². The average Bonchev–Trinajstić information content (AvgIpc) is 2.69. The van der Waals surface area contributed by atoms with Crippen molar-refractivity contribution in [1.82, 2.24) is 9.97 Å².